The van der Waals surface area contributed by atoms with Crippen LogP contribution in [0.15, 0.2) is 38.4 Å². The number of furan rings is 1. The maximum atomic E-state index is 12.0. The fraction of sp³-hybridized carbons (Fsp3) is 0.357. The number of aromatic nitrogens is 2. The number of nitrogens with zero attached hydrogens (tertiary/aromatic N) is 2. The molecule has 0 unspecified atom stereocenters. The highest BCUT2D eigenvalue weighted by atomic mass is 16.3. The van der Waals surface area contributed by atoms with Gasteiger partial charge in [-0.15, -0.1) is 0 Å². The van der Waals surface area contributed by atoms with Crippen LogP contribution in [0.4, 0.5) is 0 Å². The predicted molar refractivity (Wildman–Crippen MR) is 75.9 cm³/mol. The lowest BCUT2D eigenvalue weighted by Gasteiger charge is -2.12. The average Bonchev–Trinajstić information content (AvgIpc) is 2.86. The molecule has 0 aliphatic carbocycles. The molecule has 0 saturated carbocycles. The molecule has 0 saturated heterocycles. The summed E-state index contributed by atoms with van der Waals surface area (Å²) in [7, 11) is 1.37. The Hall–Kier alpha value is -2.57. The van der Waals surface area contributed by atoms with Crippen LogP contribution in [0.3, 0.4) is 0 Å². The van der Waals surface area contributed by atoms with Crippen molar-refractivity contribution in [3.63, 3.8) is 0 Å². The Bertz CT molecular complexity index is 769. The molecule has 1 atom stereocenters. The first kappa shape index (κ1) is 14.8. The highest BCUT2D eigenvalue weighted by Gasteiger charge is 2.13. The summed E-state index contributed by atoms with van der Waals surface area (Å²) >= 11 is 0. The summed E-state index contributed by atoms with van der Waals surface area (Å²) in [5.74, 6) is 1.08. The highest BCUT2D eigenvalue weighted by molar-refractivity contribution is 5.76. The number of carbonyl (C=O) groups is 1. The van der Waals surface area contributed by atoms with Crippen LogP contribution < -0.4 is 16.6 Å². The molecule has 112 valence electrons. The number of aryl methyl sites for hydroxylation is 1. The Kier molecular flexibility index (Phi) is 4.11. The molecule has 7 nitrogen and oxygen atoms in total. The third kappa shape index (κ3) is 3.31. The number of rotatable bonds is 4. The predicted octanol–water partition coefficient (Wildman–Crippen LogP) is 0.326. The summed E-state index contributed by atoms with van der Waals surface area (Å²) in [5.41, 5.74) is -0.935. The minimum absolute atomic E-state index is 0.156. The lowest BCUT2D eigenvalue weighted by atomic mass is 10.2. The first-order valence-electron chi connectivity index (χ1n) is 6.50. The number of hydrogen-bond acceptors (Lipinski definition) is 4. The maximum absolute atomic E-state index is 12.0. The van der Waals surface area contributed by atoms with E-state index in [0.29, 0.717) is 5.76 Å². The fourth-order valence-corrected chi connectivity index (χ4v) is 1.94. The van der Waals surface area contributed by atoms with Crippen molar-refractivity contribution in [1.82, 2.24) is 14.5 Å². The third-order valence-corrected chi connectivity index (χ3v) is 3.14. The van der Waals surface area contributed by atoms with Gasteiger partial charge in [-0.1, -0.05) is 0 Å². The van der Waals surface area contributed by atoms with Crippen LogP contribution in [0, 0.1) is 6.92 Å². The van der Waals surface area contributed by atoms with Gasteiger partial charge < -0.3 is 9.73 Å². The fourth-order valence-electron chi connectivity index (χ4n) is 1.94. The van der Waals surface area contributed by atoms with Crippen LogP contribution >= 0.6 is 0 Å². The van der Waals surface area contributed by atoms with Crippen LogP contribution in [0.25, 0.3) is 0 Å². The molecule has 0 radical (unpaired) electrons. The molecule has 0 aromatic carbocycles. The number of carbonyl (C=O) groups excluding carboxylic acids is 1. The normalized spacial score (nSPS) is 12.1. The summed E-state index contributed by atoms with van der Waals surface area (Å²) in [5, 5.41) is 2.74. The molecule has 1 N–H and O–H groups in total. The summed E-state index contributed by atoms with van der Waals surface area (Å²) in [4.78, 5) is 35.0. The lowest BCUT2D eigenvalue weighted by molar-refractivity contribution is -0.122. The second-order valence-corrected chi connectivity index (χ2v) is 4.86. The molecule has 2 heterocycles. The second kappa shape index (κ2) is 5.82. The van der Waals surface area contributed by atoms with Gasteiger partial charge in [0, 0.05) is 19.3 Å². The molecular formula is C14H17N3O4. The van der Waals surface area contributed by atoms with E-state index < -0.39 is 11.2 Å². The lowest BCUT2D eigenvalue weighted by Crippen LogP contribution is -2.40. The van der Waals surface area contributed by atoms with Gasteiger partial charge in [0.2, 0.25) is 5.91 Å². The van der Waals surface area contributed by atoms with Crippen molar-refractivity contribution < 1.29 is 9.21 Å². The van der Waals surface area contributed by atoms with Crippen molar-refractivity contribution in [3.8, 4) is 0 Å². The Balaban J connectivity index is 2.07. The van der Waals surface area contributed by atoms with Gasteiger partial charge in [0.1, 0.15) is 18.1 Å². The van der Waals surface area contributed by atoms with Crippen molar-refractivity contribution in [2.24, 2.45) is 7.05 Å². The molecule has 0 aliphatic heterocycles. The van der Waals surface area contributed by atoms with E-state index in [2.05, 4.69) is 5.32 Å². The topological polar surface area (TPSA) is 86.2 Å². The van der Waals surface area contributed by atoms with Gasteiger partial charge >= 0.3 is 5.69 Å². The Morgan fingerprint density at radius 3 is 2.67 bits per heavy atom. The van der Waals surface area contributed by atoms with E-state index in [1.807, 2.05) is 13.0 Å². The maximum Gasteiger partial charge on any atom is 0.331 e. The van der Waals surface area contributed by atoms with Gasteiger partial charge in [0.05, 0.1) is 6.04 Å². The van der Waals surface area contributed by atoms with E-state index in [0.717, 1.165) is 10.3 Å². The molecule has 0 aliphatic rings. The zero-order valence-electron chi connectivity index (χ0n) is 12.1. The highest BCUT2D eigenvalue weighted by Crippen LogP contribution is 2.15. The molecule has 2 rings (SSSR count). The van der Waals surface area contributed by atoms with Gasteiger partial charge in [0.25, 0.3) is 5.56 Å². The smallest absolute Gasteiger partial charge is 0.331 e. The first-order valence-corrected chi connectivity index (χ1v) is 6.50. The summed E-state index contributed by atoms with van der Waals surface area (Å²) in [6.45, 7) is 3.46. The molecule has 7 heteroatoms. The molecule has 21 heavy (non-hydrogen) atoms. The summed E-state index contributed by atoms with van der Waals surface area (Å²) in [6.07, 6.45) is 1.31. The van der Waals surface area contributed by atoms with Crippen LogP contribution in [-0.2, 0) is 18.4 Å². The Morgan fingerprint density at radius 1 is 1.33 bits per heavy atom. The first-order chi connectivity index (χ1) is 9.88. The van der Waals surface area contributed by atoms with E-state index >= 15 is 0 Å². The Labute approximate surface area is 120 Å². The van der Waals surface area contributed by atoms with Crippen LogP contribution in [0.1, 0.15) is 24.5 Å². The van der Waals surface area contributed by atoms with Gasteiger partial charge in [-0.25, -0.2) is 4.79 Å². The average molecular weight is 291 g/mol. The molecular weight excluding hydrogens is 274 g/mol. The number of hydrogen-bond donors (Lipinski definition) is 1. The zero-order chi connectivity index (χ0) is 15.6. The zero-order valence-corrected chi connectivity index (χ0v) is 12.1. The molecule has 0 bridgehead atoms. The van der Waals surface area contributed by atoms with E-state index in [1.165, 1.54) is 23.9 Å². The van der Waals surface area contributed by atoms with E-state index in [-0.39, 0.29) is 18.5 Å². The van der Waals surface area contributed by atoms with Crippen LogP contribution in [0.2, 0.25) is 0 Å². The van der Waals surface area contributed by atoms with Crippen molar-refractivity contribution in [1.29, 1.82) is 0 Å². The van der Waals surface area contributed by atoms with Gasteiger partial charge in [-0.3, -0.25) is 18.7 Å². The van der Waals surface area contributed by atoms with Crippen molar-refractivity contribution in [3.05, 3.63) is 56.8 Å². The molecule has 2 aromatic rings. The van der Waals surface area contributed by atoms with E-state index in [9.17, 15) is 14.4 Å². The number of nitrogens with one attached hydrogen (secondary N) is 1. The summed E-state index contributed by atoms with van der Waals surface area (Å²) in [6, 6.07) is 4.55. The van der Waals surface area contributed by atoms with E-state index in [4.69, 9.17) is 4.42 Å². The molecule has 0 spiro atoms. The van der Waals surface area contributed by atoms with Gasteiger partial charge in [-0.05, 0) is 26.0 Å². The minimum Gasteiger partial charge on any atom is -0.464 e. The van der Waals surface area contributed by atoms with Crippen molar-refractivity contribution in [2.45, 2.75) is 26.4 Å². The molecule has 0 fully saturated rings. The molecule has 2 aromatic heterocycles. The van der Waals surface area contributed by atoms with Gasteiger partial charge in [0.15, 0.2) is 0 Å². The standard InChI is InChI=1S/C14H17N3O4/c1-9-4-5-11(21-9)10(2)15-12(18)8-17-7-6-13(19)16(3)14(17)20/h4-7,10H,8H2,1-3H3,(H,15,18)/t10-/m0/s1. The second-order valence-electron chi connectivity index (χ2n) is 4.86. The van der Waals surface area contributed by atoms with E-state index in [1.54, 1.807) is 13.0 Å². The summed E-state index contributed by atoms with van der Waals surface area (Å²) < 4.78 is 7.55. The third-order valence-electron chi connectivity index (χ3n) is 3.14. The number of amides is 1. The minimum atomic E-state index is -0.529. The largest absolute Gasteiger partial charge is 0.464 e. The van der Waals surface area contributed by atoms with Crippen molar-refractivity contribution >= 4 is 5.91 Å². The van der Waals surface area contributed by atoms with Crippen LogP contribution in [0.5, 0.6) is 0 Å². The van der Waals surface area contributed by atoms with Crippen LogP contribution in [-0.4, -0.2) is 15.0 Å². The van der Waals surface area contributed by atoms with Crippen molar-refractivity contribution in [2.75, 3.05) is 0 Å². The molecule has 1 amide bonds. The quantitative estimate of drug-likeness (QED) is 0.879. The Morgan fingerprint density at radius 2 is 2.05 bits per heavy atom. The van der Waals surface area contributed by atoms with Gasteiger partial charge in [-0.2, -0.15) is 0 Å². The monoisotopic (exact) mass is 291 g/mol. The SMILES string of the molecule is Cc1ccc([C@H](C)NC(=O)Cn2ccc(=O)n(C)c2=O)o1.